The third-order valence-corrected chi connectivity index (χ3v) is 3.73. The summed E-state index contributed by atoms with van der Waals surface area (Å²) in [6, 6.07) is 10.4. The van der Waals surface area contributed by atoms with Crippen LogP contribution in [-0.2, 0) is 10.3 Å². The third-order valence-electron chi connectivity index (χ3n) is 3.73. The molecule has 2 nitrogen and oxygen atoms in total. The number of amides is 1. The monoisotopic (exact) mass is 231 g/mol. The number of carbonyl (C=O) groups excluding carboxylic acids is 1. The van der Waals surface area contributed by atoms with Gasteiger partial charge >= 0.3 is 0 Å². The summed E-state index contributed by atoms with van der Waals surface area (Å²) in [4.78, 5) is 11.7. The van der Waals surface area contributed by atoms with E-state index in [1.807, 2.05) is 13.0 Å². The molecular weight excluding hydrogens is 210 g/mol. The Morgan fingerprint density at radius 3 is 2.41 bits per heavy atom. The van der Waals surface area contributed by atoms with Crippen molar-refractivity contribution in [3.8, 4) is 0 Å². The maximum absolute atomic E-state index is 11.7. The molecule has 0 heterocycles. The van der Waals surface area contributed by atoms with Crippen molar-refractivity contribution in [2.24, 2.45) is 0 Å². The summed E-state index contributed by atoms with van der Waals surface area (Å²) >= 11 is 0. The molecule has 0 unspecified atom stereocenters. The summed E-state index contributed by atoms with van der Waals surface area (Å²) < 4.78 is 0. The van der Waals surface area contributed by atoms with Crippen LogP contribution in [0, 0.1) is 0 Å². The van der Waals surface area contributed by atoms with Gasteiger partial charge in [-0.3, -0.25) is 4.79 Å². The van der Waals surface area contributed by atoms with Crippen molar-refractivity contribution in [3.05, 3.63) is 35.9 Å². The second kappa shape index (κ2) is 5.35. The van der Waals surface area contributed by atoms with Gasteiger partial charge in [0.15, 0.2) is 0 Å². The molecule has 1 aliphatic rings. The molecular formula is C15H21NO. The lowest BCUT2D eigenvalue weighted by Gasteiger charge is -2.38. The Hall–Kier alpha value is -1.31. The molecule has 2 rings (SSSR count). The number of nitrogens with one attached hydrogen (secondary N) is 1. The number of benzene rings is 1. The highest BCUT2D eigenvalue weighted by atomic mass is 16.1. The summed E-state index contributed by atoms with van der Waals surface area (Å²) in [6.45, 7) is 1.91. The molecule has 1 N–H and O–H groups in total. The Balaban J connectivity index is 2.26. The maximum atomic E-state index is 11.7. The van der Waals surface area contributed by atoms with Gasteiger partial charge in [0.05, 0.1) is 5.54 Å². The van der Waals surface area contributed by atoms with E-state index in [2.05, 4.69) is 29.6 Å². The van der Waals surface area contributed by atoms with Gasteiger partial charge in [-0.05, 0) is 18.4 Å². The highest BCUT2D eigenvalue weighted by molar-refractivity contribution is 5.76. The summed E-state index contributed by atoms with van der Waals surface area (Å²) in [5.41, 5.74) is 1.16. The number of rotatable bonds is 3. The number of carbonyl (C=O) groups is 1. The number of hydrogen-bond donors (Lipinski definition) is 1. The molecule has 2 heteroatoms. The second-order valence-corrected chi connectivity index (χ2v) is 4.91. The predicted octanol–water partition coefficient (Wildman–Crippen LogP) is 3.37. The highest BCUT2D eigenvalue weighted by Gasteiger charge is 2.34. The topological polar surface area (TPSA) is 29.1 Å². The van der Waals surface area contributed by atoms with Gasteiger partial charge < -0.3 is 5.32 Å². The smallest absolute Gasteiger partial charge is 0.220 e. The standard InChI is InChI=1S/C15H21NO/c1-2-14(17)16-15(11-7-4-8-12-15)13-9-5-3-6-10-13/h3,5-6,9-10H,2,4,7-8,11-12H2,1H3,(H,16,17). The predicted molar refractivity (Wildman–Crippen MR) is 69.6 cm³/mol. The molecule has 0 aromatic heterocycles. The van der Waals surface area contributed by atoms with Gasteiger partial charge in [-0.2, -0.15) is 0 Å². The molecule has 1 saturated carbocycles. The van der Waals surface area contributed by atoms with Crippen LogP contribution in [0.1, 0.15) is 51.0 Å². The summed E-state index contributed by atoms with van der Waals surface area (Å²) in [5, 5.41) is 3.26. The van der Waals surface area contributed by atoms with Crippen LogP contribution in [0.4, 0.5) is 0 Å². The molecule has 1 aromatic rings. The minimum absolute atomic E-state index is 0.105. The van der Waals surface area contributed by atoms with Crippen LogP contribution in [0.3, 0.4) is 0 Å². The first-order valence-corrected chi connectivity index (χ1v) is 6.63. The van der Waals surface area contributed by atoms with Crippen molar-refractivity contribution in [2.75, 3.05) is 0 Å². The lowest BCUT2D eigenvalue weighted by atomic mass is 9.76. The third kappa shape index (κ3) is 2.68. The van der Waals surface area contributed by atoms with Crippen LogP contribution in [-0.4, -0.2) is 5.91 Å². The second-order valence-electron chi connectivity index (χ2n) is 4.91. The molecule has 0 atom stereocenters. The van der Waals surface area contributed by atoms with E-state index in [9.17, 15) is 4.79 Å². The van der Waals surface area contributed by atoms with Crippen LogP contribution in [0.5, 0.6) is 0 Å². The van der Waals surface area contributed by atoms with Crippen LogP contribution < -0.4 is 5.32 Å². The average molecular weight is 231 g/mol. The molecule has 1 aliphatic carbocycles. The Morgan fingerprint density at radius 1 is 1.18 bits per heavy atom. The van der Waals surface area contributed by atoms with Crippen molar-refractivity contribution >= 4 is 5.91 Å². The molecule has 0 aliphatic heterocycles. The van der Waals surface area contributed by atoms with E-state index in [1.165, 1.54) is 24.8 Å². The van der Waals surface area contributed by atoms with Crippen molar-refractivity contribution in [2.45, 2.75) is 51.0 Å². The highest BCUT2D eigenvalue weighted by Crippen LogP contribution is 2.37. The van der Waals surface area contributed by atoms with Crippen LogP contribution >= 0.6 is 0 Å². The lowest BCUT2D eigenvalue weighted by molar-refractivity contribution is -0.123. The summed E-state index contributed by atoms with van der Waals surface area (Å²) in [5.74, 6) is 0.163. The molecule has 1 amide bonds. The summed E-state index contributed by atoms with van der Waals surface area (Å²) in [7, 11) is 0. The molecule has 0 bridgehead atoms. The Bertz CT molecular complexity index is 366. The minimum Gasteiger partial charge on any atom is -0.347 e. The first-order valence-electron chi connectivity index (χ1n) is 6.63. The van der Waals surface area contributed by atoms with Crippen LogP contribution in [0.15, 0.2) is 30.3 Å². The fourth-order valence-corrected chi connectivity index (χ4v) is 2.75. The van der Waals surface area contributed by atoms with Gasteiger partial charge in [-0.1, -0.05) is 56.5 Å². The Morgan fingerprint density at radius 2 is 1.82 bits per heavy atom. The average Bonchev–Trinajstić information content (AvgIpc) is 2.40. The quantitative estimate of drug-likeness (QED) is 0.849. The zero-order chi connectivity index (χ0) is 12.1. The van der Waals surface area contributed by atoms with E-state index in [4.69, 9.17) is 0 Å². The maximum Gasteiger partial charge on any atom is 0.220 e. The Kier molecular flexibility index (Phi) is 3.82. The van der Waals surface area contributed by atoms with Gasteiger partial charge in [-0.25, -0.2) is 0 Å². The minimum atomic E-state index is -0.105. The van der Waals surface area contributed by atoms with Gasteiger partial charge in [0.2, 0.25) is 5.91 Å². The molecule has 0 saturated heterocycles. The van der Waals surface area contributed by atoms with Crippen molar-refractivity contribution < 1.29 is 4.79 Å². The first-order chi connectivity index (χ1) is 8.27. The van der Waals surface area contributed by atoms with E-state index in [0.29, 0.717) is 6.42 Å². The van der Waals surface area contributed by atoms with Crippen molar-refractivity contribution in [3.63, 3.8) is 0 Å². The largest absolute Gasteiger partial charge is 0.347 e. The summed E-state index contributed by atoms with van der Waals surface area (Å²) in [6.07, 6.45) is 6.41. The fraction of sp³-hybridized carbons (Fsp3) is 0.533. The van der Waals surface area contributed by atoms with Crippen molar-refractivity contribution in [1.82, 2.24) is 5.32 Å². The molecule has 0 spiro atoms. The van der Waals surface area contributed by atoms with Crippen LogP contribution in [0.2, 0.25) is 0 Å². The van der Waals surface area contributed by atoms with E-state index in [0.717, 1.165) is 12.8 Å². The van der Waals surface area contributed by atoms with Crippen LogP contribution in [0.25, 0.3) is 0 Å². The van der Waals surface area contributed by atoms with E-state index in [1.54, 1.807) is 0 Å². The molecule has 92 valence electrons. The van der Waals surface area contributed by atoms with E-state index >= 15 is 0 Å². The number of hydrogen-bond acceptors (Lipinski definition) is 1. The SMILES string of the molecule is CCC(=O)NC1(c2ccccc2)CCCCC1. The van der Waals surface area contributed by atoms with Gasteiger partial charge in [0.25, 0.3) is 0 Å². The molecule has 17 heavy (non-hydrogen) atoms. The zero-order valence-electron chi connectivity index (χ0n) is 10.5. The lowest BCUT2D eigenvalue weighted by Crippen LogP contribution is -2.46. The molecule has 0 radical (unpaired) electrons. The fourth-order valence-electron chi connectivity index (χ4n) is 2.75. The molecule has 1 fully saturated rings. The first kappa shape index (κ1) is 12.2. The van der Waals surface area contributed by atoms with Gasteiger partial charge in [0, 0.05) is 6.42 Å². The van der Waals surface area contributed by atoms with Gasteiger partial charge in [0.1, 0.15) is 0 Å². The van der Waals surface area contributed by atoms with Gasteiger partial charge in [-0.15, -0.1) is 0 Å². The van der Waals surface area contributed by atoms with Crippen molar-refractivity contribution in [1.29, 1.82) is 0 Å². The molecule has 1 aromatic carbocycles. The normalized spacial score (nSPS) is 18.6. The zero-order valence-corrected chi connectivity index (χ0v) is 10.5. The Labute approximate surface area is 103 Å². The van der Waals surface area contributed by atoms with E-state index < -0.39 is 0 Å². The van der Waals surface area contributed by atoms with E-state index in [-0.39, 0.29) is 11.4 Å².